The van der Waals surface area contributed by atoms with Gasteiger partial charge in [-0.25, -0.2) is 4.98 Å². The van der Waals surface area contributed by atoms with Crippen LogP contribution in [-0.4, -0.2) is 16.2 Å². The topological polar surface area (TPSA) is 50.8 Å². The molecule has 1 aromatic rings. The van der Waals surface area contributed by atoms with Gasteiger partial charge in [-0.3, -0.25) is 0 Å². The summed E-state index contributed by atoms with van der Waals surface area (Å²) in [6.07, 6.45) is 2.90. The average molecular weight is 193 g/mol. The van der Waals surface area contributed by atoms with Crippen LogP contribution in [0.15, 0.2) is 12.5 Å². The van der Waals surface area contributed by atoms with E-state index in [4.69, 9.17) is 10.00 Å². The summed E-state index contributed by atoms with van der Waals surface area (Å²) in [6.45, 7) is 6.50. The second-order valence-electron chi connectivity index (χ2n) is 3.28. The normalized spacial score (nSPS) is 12.8. The van der Waals surface area contributed by atoms with Gasteiger partial charge in [0, 0.05) is 12.6 Å². The molecule has 0 amide bonds. The number of hydrogen-bond acceptors (Lipinski definition) is 3. The molecule has 0 bridgehead atoms. The molecule has 0 spiro atoms. The molecule has 1 aromatic heterocycles. The highest BCUT2D eigenvalue weighted by Crippen LogP contribution is 2.19. The third-order valence-corrected chi connectivity index (χ3v) is 1.97. The highest BCUT2D eigenvalue weighted by atomic mass is 16.5. The summed E-state index contributed by atoms with van der Waals surface area (Å²) in [4.78, 5) is 4.03. The Hall–Kier alpha value is -1.34. The molecule has 1 unspecified atom stereocenters. The first-order valence-corrected chi connectivity index (χ1v) is 4.73. The lowest BCUT2D eigenvalue weighted by atomic mass is 10.2. The average Bonchev–Trinajstić information content (AvgIpc) is 2.62. The molecule has 4 nitrogen and oxygen atoms in total. The first kappa shape index (κ1) is 10.7. The van der Waals surface area contributed by atoms with Crippen LogP contribution in [0, 0.1) is 11.3 Å². The van der Waals surface area contributed by atoms with Crippen LogP contribution in [0.5, 0.6) is 0 Å². The molecule has 14 heavy (non-hydrogen) atoms. The molecule has 0 aromatic carbocycles. The van der Waals surface area contributed by atoms with Crippen LogP contribution in [-0.2, 0) is 4.74 Å². The molecule has 4 heteroatoms. The maximum absolute atomic E-state index is 8.92. The molecular weight excluding hydrogens is 178 g/mol. The van der Waals surface area contributed by atoms with Crippen LogP contribution in [0.2, 0.25) is 0 Å². The van der Waals surface area contributed by atoms with Gasteiger partial charge in [0.25, 0.3) is 0 Å². The van der Waals surface area contributed by atoms with Crippen molar-refractivity contribution in [1.82, 2.24) is 9.55 Å². The van der Waals surface area contributed by atoms with Crippen molar-refractivity contribution in [3.8, 4) is 6.07 Å². The number of hydrogen-bond donors (Lipinski definition) is 0. The maximum Gasteiger partial charge on any atom is 0.185 e. The Morgan fingerprint density at radius 1 is 1.64 bits per heavy atom. The van der Waals surface area contributed by atoms with Crippen molar-refractivity contribution in [2.45, 2.75) is 32.9 Å². The summed E-state index contributed by atoms with van der Waals surface area (Å²) >= 11 is 0. The maximum atomic E-state index is 8.92. The lowest BCUT2D eigenvalue weighted by Gasteiger charge is -2.15. The summed E-state index contributed by atoms with van der Waals surface area (Å²) in [5.41, 5.74) is 0.823. The van der Waals surface area contributed by atoms with E-state index in [0.717, 1.165) is 5.69 Å². The molecule has 0 aliphatic rings. The van der Waals surface area contributed by atoms with Gasteiger partial charge in [-0.1, -0.05) is 0 Å². The van der Waals surface area contributed by atoms with Gasteiger partial charge in [-0.15, -0.1) is 0 Å². The van der Waals surface area contributed by atoms with E-state index < -0.39 is 6.10 Å². The third-order valence-electron chi connectivity index (χ3n) is 1.97. The predicted octanol–water partition coefficient (Wildman–Crippen LogP) is 2.07. The first-order chi connectivity index (χ1) is 6.70. The van der Waals surface area contributed by atoms with Crippen LogP contribution >= 0.6 is 0 Å². The van der Waals surface area contributed by atoms with Gasteiger partial charge in [0.2, 0.25) is 0 Å². The molecule has 0 radical (unpaired) electrons. The van der Waals surface area contributed by atoms with Gasteiger partial charge < -0.3 is 9.30 Å². The molecule has 0 saturated heterocycles. The van der Waals surface area contributed by atoms with Gasteiger partial charge in [0.1, 0.15) is 6.07 Å². The molecule has 0 aliphatic carbocycles. The van der Waals surface area contributed by atoms with E-state index in [1.165, 1.54) is 0 Å². The predicted molar refractivity (Wildman–Crippen MR) is 52.6 cm³/mol. The molecule has 0 N–H and O–H groups in total. The number of aromatic nitrogens is 2. The van der Waals surface area contributed by atoms with Crippen LogP contribution < -0.4 is 0 Å². The highest BCUT2D eigenvalue weighted by Gasteiger charge is 2.16. The number of nitriles is 1. The van der Waals surface area contributed by atoms with Crippen LogP contribution in [0.3, 0.4) is 0 Å². The van der Waals surface area contributed by atoms with E-state index in [9.17, 15) is 0 Å². The number of nitrogens with zero attached hydrogens (tertiary/aromatic N) is 3. The monoisotopic (exact) mass is 193 g/mol. The fourth-order valence-corrected chi connectivity index (χ4v) is 1.30. The molecule has 1 rings (SSSR count). The van der Waals surface area contributed by atoms with E-state index in [0.29, 0.717) is 12.6 Å². The van der Waals surface area contributed by atoms with E-state index in [1.807, 2.05) is 25.3 Å². The van der Waals surface area contributed by atoms with E-state index in [-0.39, 0.29) is 0 Å². The summed E-state index contributed by atoms with van der Waals surface area (Å²) in [7, 11) is 0. The van der Waals surface area contributed by atoms with Crippen LogP contribution in [0.25, 0.3) is 0 Å². The van der Waals surface area contributed by atoms with Crippen molar-refractivity contribution in [2.24, 2.45) is 0 Å². The number of imidazole rings is 1. The van der Waals surface area contributed by atoms with E-state index >= 15 is 0 Å². The molecule has 1 atom stereocenters. The standard InChI is InChI=1S/C10H15N3O/c1-4-14-10(5-11)9-6-12-7-13(9)8(2)3/h6-8,10H,4H2,1-3H3. The zero-order valence-corrected chi connectivity index (χ0v) is 8.77. The molecule has 0 fully saturated rings. The molecule has 76 valence electrons. The van der Waals surface area contributed by atoms with Crippen molar-refractivity contribution in [2.75, 3.05) is 6.61 Å². The van der Waals surface area contributed by atoms with Gasteiger partial charge in [0.05, 0.1) is 18.2 Å². The Balaban J connectivity index is 2.93. The largest absolute Gasteiger partial charge is 0.357 e. The van der Waals surface area contributed by atoms with Crippen molar-refractivity contribution in [1.29, 1.82) is 5.26 Å². The van der Waals surface area contributed by atoms with E-state index in [1.54, 1.807) is 12.5 Å². The molecular formula is C10H15N3O. The minimum atomic E-state index is -0.509. The second-order valence-corrected chi connectivity index (χ2v) is 3.28. The van der Waals surface area contributed by atoms with Crippen LogP contribution in [0.4, 0.5) is 0 Å². The minimum Gasteiger partial charge on any atom is -0.357 e. The summed E-state index contributed by atoms with van der Waals surface area (Å²) in [5.74, 6) is 0. The Labute approximate surface area is 84.1 Å². The van der Waals surface area contributed by atoms with Gasteiger partial charge in [-0.2, -0.15) is 5.26 Å². The van der Waals surface area contributed by atoms with Gasteiger partial charge in [-0.05, 0) is 20.8 Å². The van der Waals surface area contributed by atoms with Crippen molar-refractivity contribution in [3.05, 3.63) is 18.2 Å². The second kappa shape index (κ2) is 4.77. The zero-order valence-electron chi connectivity index (χ0n) is 8.77. The fraction of sp³-hybridized carbons (Fsp3) is 0.600. The fourth-order valence-electron chi connectivity index (χ4n) is 1.30. The first-order valence-electron chi connectivity index (χ1n) is 4.73. The number of rotatable bonds is 4. The Morgan fingerprint density at radius 3 is 2.86 bits per heavy atom. The van der Waals surface area contributed by atoms with Gasteiger partial charge >= 0.3 is 0 Å². The Kier molecular flexibility index (Phi) is 3.66. The highest BCUT2D eigenvalue weighted by molar-refractivity contribution is 5.11. The minimum absolute atomic E-state index is 0.295. The van der Waals surface area contributed by atoms with Crippen molar-refractivity contribution < 1.29 is 4.74 Å². The quantitative estimate of drug-likeness (QED) is 0.735. The summed E-state index contributed by atoms with van der Waals surface area (Å²) in [5, 5.41) is 8.92. The lowest BCUT2D eigenvalue weighted by molar-refractivity contribution is 0.0955. The van der Waals surface area contributed by atoms with Crippen molar-refractivity contribution >= 4 is 0 Å². The van der Waals surface area contributed by atoms with Gasteiger partial charge in [0.15, 0.2) is 6.10 Å². The molecule has 0 saturated carbocycles. The SMILES string of the molecule is CCOC(C#N)c1cncn1C(C)C. The third kappa shape index (κ3) is 2.12. The summed E-state index contributed by atoms with van der Waals surface area (Å²) < 4.78 is 7.25. The van der Waals surface area contributed by atoms with E-state index in [2.05, 4.69) is 11.1 Å². The Morgan fingerprint density at radius 2 is 2.36 bits per heavy atom. The van der Waals surface area contributed by atoms with Crippen molar-refractivity contribution in [3.63, 3.8) is 0 Å². The molecule has 1 heterocycles. The summed E-state index contributed by atoms with van der Waals surface area (Å²) in [6, 6.07) is 2.41. The van der Waals surface area contributed by atoms with Crippen LogP contribution in [0.1, 0.15) is 38.6 Å². The lowest BCUT2D eigenvalue weighted by Crippen LogP contribution is -2.10. The molecule has 0 aliphatic heterocycles. The smallest absolute Gasteiger partial charge is 0.185 e. The Bertz CT molecular complexity index is 324. The zero-order chi connectivity index (χ0) is 10.6. The number of ether oxygens (including phenoxy) is 1.